The van der Waals surface area contributed by atoms with Crippen LogP contribution in [0.15, 0.2) is 70.5 Å². The van der Waals surface area contributed by atoms with Gasteiger partial charge in [0.1, 0.15) is 19.2 Å². The molecule has 0 spiro atoms. The van der Waals surface area contributed by atoms with Crippen LogP contribution in [0.5, 0.6) is 0 Å². The summed E-state index contributed by atoms with van der Waals surface area (Å²) in [6.45, 7) is 1.29. The van der Waals surface area contributed by atoms with Gasteiger partial charge >= 0.3 is 0 Å². The Hall–Kier alpha value is -4.10. The van der Waals surface area contributed by atoms with Crippen LogP contribution in [0.4, 0.5) is 30.4 Å². The van der Waals surface area contributed by atoms with Crippen LogP contribution in [-0.2, 0) is 9.84 Å². The molecule has 1 amide bonds. The normalized spacial score (nSPS) is 14.5. The van der Waals surface area contributed by atoms with Gasteiger partial charge in [0.15, 0.2) is 5.82 Å². The summed E-state index contributed by atoms with van der Waals surface area (Å²) >= 11 is 0. The Morgan fingerprint density at radius 3 is 2.44 bits per heavy atom. The maximum atomic E-state index is 13.7. The number of hydrogen-bond donors (Lipinski definition) is 3. The smallest absolute Gasteiger partial charge is 0.258 e. The van der Waals surface area contributed by atoms with E-state index in [0.29, 0.717) is 10.9 Å². The molecule has 0 unspecified atom stereocenters. The fraction of sp³-hybridized carbons (Fsp3) is 0.286. The first-order valence-corrected chi connectivity index (χ1v) is 14.4. The van der Waals surface area contributed by atoms with E-state index in [2.05, 4.69) is 30.6 Å². The Kier molecular flexibility index (Phi) is 8.18. The van der Waals surface area contributed by atoms with Crippen LogP contribution < -0.4 is 15.5 Å². The van der Waals surface area contributed by atoms with Crippen molar-refractivity contribution in [3.63, 3.8) is 0 Å². The number of sulfone groups is 1. The quantitative estimate of drug-likeness (QED) is 0.269. The third-order valence-corrected chi connectivity index (χ3v) is 8.78. The predicted octanol–water partition coefficient (Wildman–Crippen LogP) is 4.26. The number of nitrogens with one attached hydrogen (secondary N) is 3. The molecule has 3 N–H and O–H groups in total. The molecule has 41 heavy (non-hydrogen) atoms. The lowest BCUT2D eigenvalue weighted by atomic mass is 10.1. The molecule has 2 heterocycles. The average Bonchev–Trinajstić information content (AvgIpc) is 3.38. The van der Waals surface area contributed by atoms with Gasteiger partial charge in [0, 0.05) is 42.9 Å². The minimum atomic E-state index is -4.06. The molecule has 1 aliphatic rings. The van der Waals surface area contributed by atoms with Crippen LogP contribution in [0.25, 0.3) is 10.9 Å². The van der Waals surface area contributed by atoms with E-state index < -0.39 is 41.0 Å². The second-order valence-electron chi connectivity index (χ2n) is 9.86. The largest absolute Gasteiger partial charge is 0.376 e. The second kappa shape index (κ2) is 11.8. The summed E-state index contributed by atoms with van der Waals surface area (Å²) in [4.78, 5) is 17.4. The topological polar surface area (TPSA) is 110 Å². The number of alkyl halides is 2. The van der Waals surface area contributed by atoms with Gasteiger partial charge < -0.3 is 20.4 Å². The summed E-state index contributed by atoms with van der Waals surface area (Å²) < 4.78 is 66.8. The highest BCUT2D eigenvalue weighted by molar-refractivity contribution is 7.91. The Labute approximate surface area is 235 Å². The molecule has 5 rings (SSSR count). The van der Waals surface area contributed by atoms with Crippen molar-refractivity contribution in [2.45, 2.75) is 15.8 Å². The number of benzene rings is 3. The van der Waals surface area contributed by atoms with Crippen LogP contribution in [0.2, 0.25) is 0 Å². The molecule has 9 nitrogen and oxygen atoms in total. The van der Waals surface area contributed by atoms with Gasteiger partial charge in [-0.15, -0.1) is 0 Å². The number of carbonyl (C=O) groups excluding carboxylic acids is 1. The Morgan fingerprint density at radius 1 is 1.00 bits per heavy atom. The maximum absolute atomic E-state index is 13.7. The molecule has 1 aromatic heterocycles. The molecule has 3 aromatic carbocycles. The predicted molar refractivity (Wildman–Crippen MR) is 151 cm³/mol. The van der Waals surface area contributed by atoms with E-state index in [-0.39, 0.29) is 26.9 Å². The zero-order valence-electron chi connectivity index (χ0n) is 22.2. The Morgan fingerprint density at radius 2 is 1.73 bits per heavy atom. The van der Waals surface area contributed by atoms with Gasteiger partial charge in [-0.3, -0.25) is 9.89 Å². The molecule has 0 radical (unpaired) electrons. The number of halogens is 3. The average molecular weight is 587 g/mol. The first-order chi connectivity index (χ1) is 19.7. The molecule has 0 bridgehead atoms. The lowest BCUT2D eigenvalue weighted by Crippen LogP contribution is -2.44. The minimum absolute atomic E-state index is 0.0583. The first kappa shape index (κ1) is 28.4. The maximum Gasteiger partial charge on any atom is 0.258 e. The van der Waals surface area contributed by atoms with E-state index >= 15 is 0 Å². The lowest BCUT2D eigenvalue weighted by molar-refractivity contribution is 0.102. The van der Waals surface area contributed by atoms with E-state index in [9.17, 15) is 26.4 Å². The van der Waals surface area contributed by atoms with Crippen molar-refractivity contribution in [1.82, 2.24) is 15.1 Å². The summed E-state index contributed by atoms with van der Waals surface area (Å²) in [7, 11) is -2.03. The Bertz CT molecular complexity index is 1670. The number of amides is 1. The van der Waals surface area contributed by atoms with E-state index in [1.54, 1.807) is 18.2 Å². The molecule has 1 fully saturated rings. The molecule has 13 heteroatoms. The van der Waals surface area contributed by atoms with Gasteiger partial charge in [-0.05, 0) is 61.6 Å². The fourth-order valence-electron chi connectivity index (χ4n) is 4.65. The highest BCUT2D eigenvalue weighted by atomic mass is 32.2. The van der Waals surface area contributed by atoms with Crippen molar-refractivity contribution in [3.8, 4) is 0 Å². The SMILES string of the molecule is CN1CCN(c2ccc(C(=O)Nc3n[nH]c4ccc(S(=O)(=O)c5cccc(F)c5)cc34)c(NC(CF)CF)c2)CC1. The number of fused-ring (bicyclic) bond motifs is 1. The molecule has 0 saturated carbocycles. The number of carbonyl (C=O) groups is 1. The van der Waals surface area contributed by atoms with Crippen molar-refractivity contribution in [1.29, 1.82) is 0 Å². The number of likely N-dealkylation sites (N-methyl/N-ethyl adjacent to an activating group) is 1. The van der Waals surface area contributed by atoms with Crippen molar-refractivity contribution in [2.24, 2.45) is 0 Å². The molecular weight excluding hydrogens is 557 g/mol. The number of H-pyrrole nitrogens is 1. The fourth-order valence-corrected chi connectivity index (χ4v) is 5.97. The summed E-state index contributed by atoms with van der Waals surface area (Å²) in [5, 5.41) is 12.7. The van der Waals surface area contributed by atoms with Crippen LogP contribution in [0, 0.1) is 5.82 Å². The molecule has 1 saturated heterocycles. The summed E-state index contributed by atoms with van der Waals surface area (Å²) in [5.41, 5.74) is 1.66. The highest BCUT2D eigenvalue weighted by Crippen LogP contribution is 2.30. The molecule has 0 atom stereocenters. The van der Waals surface area contributed by atoms with E-state index in [1.165, 1.54) is 30.3 Å². The number of rotatable bonds is 9. The molecular formula is C28H29F3N6O3S. The molecule has 216 valence electrons. The number of piperazine rings is 1. The summed E-state index contributed by atoms with van der Waals surface area (Å²) in [5.74, 6) is -1.24. The van der Waals surface area contributed by atoms with Crippen LogP contribution in [0.3, 0.4) is 0 Å². The molecule has 4 aromatic rings. The zero-order chi connectivity index (χ0) is 29.1. The minimum Gasteiger partial charge on any atom is -0.376 e. The first-order valence-electron chi connectivity index (χ1n) is 13.0. The van der Waals surface area contributed by atoms with Crippen molar-refractivity contribution < 1.29 is 26.4 Å². The standard InChI is InChI=1S/C28H29F3N6O3S/c1-36-9-11-37(12-10-36)20-5-7-23(26(14-20)32-19(16-29)17-30)28(38)33-27-24-15-22(6-8-25(24)34-35-27)41(39,40)21-4-2-3-18(31)13-21/h2-8,13-15,19,32H,9-12,16-17H2,1H3,(H2,33,34,35,38). The summed E-state index contributed by atoms with van der Waals surface area (Å²) in [6, 6.07) is 12.8. The Balaban J connectivity index is 1.46. The zero-order valence-corrected chi connectivity index (χ0v) is 23.0. The number of nitrogens with zero attached hydrogens (tertiary/aromatic N) is 3. The van der Waals surface area contributed by atoms with Crippen molar-refractivity contribution in [2.75, 3.05) is 62.1 Å². The van der Waals surface area contributed by atoms with E-state index in [4.69, 9.17) is 0 Å². The lowest BCUT2D eigenvalue weighted by Gasteiger charge is -2.34. The number of hydrogen-bond acceptors (Lipinski definition) is 7. The van der Waals surface area contributed by atoms with Crippen molar-refractivity contribution in [3.05, 3.63) is 72.0 Å². The number of anilines is 3. The van der Waals surface area contributed by atoms with Gasteiger partial charge in [0.25, 0.3) is 5.91 Å². The van der Waals surface area contributed by atoms with Crippen LogP contribution >= 0.6 is 0 Å². The van der Waals surface area contributed by atoms with Gasteiger partial charge in [0.2, 0.25) is 9.84 Å². The molecule has 1 aliphatic heterocycles. The van der Waals surface area contributed by atoms with Crippen LogP contribution in [0.1, 0.15) is 10.4 Å². The van der Waals surface area contributed by atoms with Gasteiger partial charge in [-0.25, -0.2) is 21.6 Å². The summed E-state index contributed by atoms with van der Waals surface area (Å²) in [6.07, 6.45) is 0. The number of aromatic amines is 1. The van der Waals surface area contributed by atoms with Crippen LogP contribution in [-0.4, -0.2) is 82.0 Å². The van der Waals surface area contributed by atoms with Gasteiger partial charge in [0.05, 0.1) is 26.9 Å². The third-order valence-electron chi connectivity index (χ3n) is 7.03. The van der Waals surface area contributed by atoms with Gasteiger partial charge in [-0.2, -0.15) is 5.10 Å². The third kappa shape index (κ3) is 6.00. The monoisotopic (exact) mass is 586 g/mol. The van der Waals surface area contributed by atoms with E-state index in [0.717, 1.165) is 44.0 Å². The van der Waals surface area contributed by atoms with Crippen molar-refractivity contribution >= 4 is 43.8 Å². The van der Waals surface area contributed by atoms with Gasteiger partial charge in [-0.1, -0.05) is 6.07 Å². The highest BCUT2D eigenvalue weighted by Gasteiger charge is 2.23. The number of aromatic nitrogens is 2. The second-order valence-corrected chi connectivity index (χ2v) is 11.8. The van der Waals surface area contributed by atoms with E-state index in [1.807, 2.05) is 7.05 Å². The molecule has 0 aliphatic carbocycles.